The van der Waals surface area contributed by atoms with Crippen molar-refractivity contribution in [3.05, 3.63) is 41.9 Å². The zero-order valence-electron chi connectivity index (χ0n) is 14.3. The topological polar surface area (TPSA) is 84.9 Å². The van der Waals surface area contributed by atoms with Crippen LogP contribution in [0.5, 0.6) is 0 Å². The number of halogens is 3. The second-order valence-electron chi connectivity index (χ2n) is 6.22. The third-order valence-corrected chi connectivity index (χ3v) is 4.42. The summed E-state index contributed by atoms with van der Waals surface area (Å²) in [4.78, 5) is 6.43. The maximum absolute atomic E-state index is 13.2. The van der Waals surface area contributed by atoms with E-state index < -0.39 is 11.7 Å². The molecule has 11 heteroatoms. The summed E-state index contributed by atoms with van der Waals surface area (Å²) in [6.07, 6.45) is -3.16. The predicted molar refractivity (Wildman–Crippen MR) is 87.9 cm³/mol. The minimum absolute atomic E-state index is 0.0442. The molecule has 0 spiro atoms. The van der Waals surface area contributed by atoms with Crippen molar-refractivity contribution in [3.8, 4) is 17.3 Å². The van der Waals surface area contributed by atoms with Gasteiger partial charge >= 0.3 is 6.18 Å². The Morgan fingerprint density at radius 3 is 2.85 bits per heavy atom. The highest BCUT2D eigenvalue weighted by atomic mass is 19.4. The Bertz CT molecular complexity index is 936. The zero-order valence-corrected chi connectivity index (χ0v) is 14.3. The van der Waals surface area contributed by atoms with Crippen LogP contribution in [0.2, 0.25) is 0 Å². The van der Waals surface area contributed by atoms with Crippen molar-refractivity contribution in [2.45, 2.75) is 12.2 Å². The Labute approximate surface area is 152 Å². The lowest BCUT2D eigenvalue weighted by Gasteiger charge is -2.30. The van der Waals surface area contributed by atoms with E-state index in [0.29, 0.717) is 12.4 Å². The molecule has 0 bridgehead atoms. The van der Waals surface area contributed by atoms with Crippen molar-refractivity contribution in [2.75, 3.05) is 26.7 Å². The van der Waals surface area contributed by atoms with Gasteiger partial charge < -0.3 is 9.84 Å². The summed E-state index contributed by atoms with van der Waals surface area (Å²) < 4.78 is 45.9. The van der Waals surface area contributed by atoms with Crippen molar-refractivity contribution in [1.29, 1.82) is 0 Å². The van der Waals surface area contributed by atoms with Crippen molar-refractivity contribution in [3.63, 3.8) is 0 Å². The van der Waals surface area contributed by atoms with E-state index in [4.69, 9.17) is 4.52 Å². The summed E-state index contributed by atoms with van der Waals surface area (Å²) in [5.74, 6) is 0.602. The summed E-state index contributed by atoms with van der Waals surface area (Å²) in [6, 6.07) is 5.10. The van der Waals surface area contributed by atoms with Gasteiger partial charge in [0, 0.05) is 19.6 Å². The van der Waals surface area contributed by atoms with Crippen LogP contribution in [0.4, 0.5) is 13.2 Å². The molecule has 1 atom stereocenters. The van der Waals surface area contributed by atoms with E-state index in [0.717, 1.165) is 23.8 Å². The van der Waals surface area contributed by atoms with Gasteiger partial charge in [-0.3, -0.25) is 4.90 Å². The number of benzene rings is 1. The Morgan fingerprint density at radius 1 is 1.26 bits per heavy atom. The minimum atomic E-state index is -4.50. The minimum Gasteiger partial charge on any atom is -0.332 e. The van der Waals surface area contributed by atoms with Crippen molar-refractivity contribution >= 4 is 0 Å². The van der Waals surface area contributed by atoms with Gasteiger partial charge in [-0.05, 0) is 19.2 Å². The van der Waals surface area contributed by atoms with Crippen LogP contribution >= 0.6 is 0 Å². The van der Waals surface area contributed by atoms with Crippen molar-refractivity contribution in [2.24, 2.45) is 0 Å². The van der Waals surface area contributed by atoms with Crippen LogP contribution in [-0.2, 0) is 6.18 Å². The average Bonchev–Trinajstić information content (AvgIpc) is 3.31. The summed E-state index contributed by atoms with van der Waals surface area (Å²) in [6.45, 7) is 2.41. The first-order valence-corrected chi connectivity index (χ1v) is 8.27. The van der Waals surface area contributed by atoms with E-state index in [1.54, 1.807) is 0 Å². The summed E-state index contributed by atoms with van der Waals surface area (Å²) in [7, 11) is 1.96. The molecule has 1 aromatic carbocycles. The van der Waals surface area contributed by atoms with Crippen LogP contribution in [-0.4, -0.2) is 56.7 Å². The van der Waals surface area contributed by atoms with Crippen LogP contribution in [0.3, 0.4) is 0 Å². The van der Waals surface area contributed by atoms with E-state index >= 15 is 0 Å². The maximum atomic E-state index is 13.2. The Balaban J connectivity index is 1.63. The number of likely N-dealkylation sites (N-methyl/N-ethyl adjacent to an activating group) is 1. The standard InChI is InChI=1S/C16H16F3N7O/c1-25-7-6-20-8-13(25)14-21-15(27-23-14)11-9-26(24-22-11)12-5-3-2-4-10(12)16(17,18)19/h2-5,9,13,20H,6-8H2,1H3. The largest absolute Gasteiger partial charge is 0.418 e. The van der Waals surface area contributed by atoms with Crippen LogP contribution in [0, 0.1) is 0 Å². The average molecular weight is 379 g/mol. The van der Waals surface area contributed by atoms with E-state index in [9.17, 15) is 13.2 Å². The molecule has 142 valence electrons. The highest BCUT2D eigenvalue weighted by molar-refractivity contribution is 5.48. The van der Waals surface area contributed by atoms with Gasteiger partial charge in [0.2, 0.25) is 0 Å². The summed E-state index contributed by atoms with van der Waals surface area (Å²) >= 11 is 0. The molecule has 4 rings (SSSR count). The first-order chi connectivity index (χ1) is 12.9. The van der Waals surface area contributed by atoms with E-state index in [-0.39, 0.29) is 23.3 Å². The lowest BCUT2D eigenvalue weighted by atomic mass is 10.1. The first kappa shape index (κ1) is 17.6. The molecule has 1 unspecified atom stereocenters. The molecule has 2 aromatic heterocycles. The van der Waals surface area contributed by atoms with Crippen LogP contribution < -0.4 is 5.32 Å². The van der Waals surface area contributed by atoms with Crippen LogP contribution in [0.15, 0.2) is 35.0 Å². The highest BCUT2D eigenvalue weighted by Crippen LogP contribution is 2.33. The second-order valence-corrected chi connectivity index (χ2v) is 6.22. The van der Waals surface area contributed by atoms with Crippen molar-refractivity contribution in [1.82, 2.24) is 35.4 Å². The van der Waals surface area contributed by atoms with E-state index in [2.05, 4.69) is 30.7 Å². The molecule has 27 heavy (non-hydrogen) atoms. The molecule has 0 amide bonds. The molecule has 1 aliphatic heterocycles. The molecule has 0 saturated carbocycles. The van der Waals surface area contributed by atoms with Gasteiger partial charge in [0.05, 0.1) is 23.5 Å². The van der Waals surface area contributed by atoms with Crippen LogP contribution in [0.1, 0.15) is 17.4 Å². The van der Waals surface area contributed by atoms with Gasteiger partial charge in [-0.2, -0.15) is 18.2 Å². The normalized spacial score (nSPS) is 18.7. The fourth-order valence-corrected chi connectivity index (χ4v) is 2.96. The van der Waals surface area contributed by atoms with Gasteiger partial charge in [0.15, 0.2) is 11.5 Å². The number of alkyl halides is 3. The highest BCUT2D eigenvalue weighted by Gasteiger charge is 2.34. The molecule has 1 fully saturated rings. The lowest BCUT2D eigenvalue weighted by molar-refractivity contribution is -0.137. The van der Waals surface area contributed by atoms with Gasteiger partial charge in [0.25, 0.3) is 5.89 Å². The monoisotopic (exact) mass is 379 g/mol. The number of nitrogens with one attached hydrogen (secondary N) is 1. The SMILES string of the molecule is CN1CCNCC1c1noc(-c2cn(-c3ccccc3C(F)(F)F)nn2)n1. The molecule has 8 nitrogen and oxygen atoms in total. The molecule has 1 aliphatic rings. The van der Waals surface area contributed by atoms with E-state index in [1.165, 1.54) is 24.4 Å². The summed E-state index contributed by atoms with van der Waals surface area (Å²) in [5.41, 5.74) is -0.723. The predicted octanol–water partition coefficient (Wildman–Crippen LogP) is 1.91. The molecular formula is C16H16F3N7O. The third-order valence-electron chi connectivity index (χ3n) is 4.42. The molecule has 1 saturated heterocycles. The van der Waals surface area contributed by atoms with Gasteiger partial charge in [-0.1, -0.05) is 22.5 Å². The van der Waals surface area contributed by atoms with Crippen LogP contribution in [0.25, 0.3) is 17.3 Å². The quantitative estimate of drug-likeness (QED) is 0.744. The molecule has 0 aliphatic carbocycles. The van der Waals surface area contributed by atoms with Crippen molar-refractivity contribution < 1.29 is 17.7 Å². The number of hydrogen-bond donors (Lipinski definition) is 1. The number of piperazine rings is 1. The lowest BCUT2D eigenvalue weighted by Crippen LogP contribution is -2.44. The molecule has 1 N–H and O–H groups in total. The fraction of sp³-hybridized carbons (Fsp3) is 0.375. The molecule has 3 heterocycles. The van der Waals surface area contributed by atoms with Gasteiger partial charge in [-0.25, -0.2) is 4.68 Å². The number of para-hydroxylation sites is 1. The number of aromatic nitrogens is 5. The Kier molecular flexibility index (Phi) is 4.40. The molecular weight excluding hydrogens is 363 g/mol. The first-order valence-electron chi connectivity index (χ1n) is 8.27. The third kappa shape index (κ3) is 3.43. The molecule has 3 aromatic rings. The smallest absolute Gasteiger partial charge is 0.332 e. The second kappa shape index (κ2) is 6.74. The van der Waals surface area contributed by atoms with Gasteiger partial charge in [0.1, 0.15) is 0 Å². The summed E-state index contributed by atoms with van der Waals surface area (Å²) in [5, 5.41) is 14.9. The fourth-order valence-electron chi connectivity index (χ4n) is 2.96. The number of rotatable bonds is 3. The zero-order chi connectivity index (χ0) is 19.0. The van der Waals surface area contributed by atoms with Gasteiger partial charge in [-0.15, -0.1) is 5.10 Å². The Morgan fingerprint density at radius 2 is 2.07 bits per heavy atom. The molecule has 0 radical (unpaired) electrons. The maximum Gasteiger partial charge on any atom is 0.418 e. The number of nitrogens with zero attached hydrogens (tertiary/aromatic N) is 6. The Hall–Kier alpha value is -2.79. The number of hydrogen-bond acceptors (Lipinski definition) is 7. The van der Waals surface area contributed by atoms with E-state index in [1.807, 2.05) is 7.05 Å².